The Morgan fingerprint density at radius 2 is 1.89 bits per heavy atom. The molecule has 1 fully saturated rings. The maximum Gasteiger partial charge on any atom is 0.219 e. The van der Waals surface area contributed by atoms with Crippen molar-refractivity contribution in [1.82, 2.24) is 15.1 Å². The summed E-state index contributed by atoms with van der Waals surface area (Å²) >= 11 is 0. The molecule has 0 aromatic rings. The zero-order valence-corrected chi connectivity index (χ0v) is 11.7. The van der Waals surface area contributed by atoms with Crippen molar-refractivity contribution in [3.8, 4) is 0 Å². The number of unbranched alkanes of at least 4 members (excludes halogenated alkanes) is 1. The number of rotatable bonds is 8. The quantitative estimate of drug-likeness (QED) is 0.594. The third-order valence-electron chi connectivity index (χ3n) is 3.43. The lowest BCUT2D eigenvalue weighted by Crippen LogP contribution is -2.45. The van der Waals surface area contributed by atoms with Gasteiger partial charge in [-0.15, -0.1) is 0 Å². The molecule has 0 aromatic heterocycles. The minimum Gasteiger partial charge on any atom is -0.356 e. The Morgan fingerprint density at radius 3 is 2.56 bits per heavy atom. The number of hydrogen-bond acceptors (Lipinski definition) is 4. The van der Waals surface area contributed by atoms with Crippen LogP contribution in [0, 0.1) is 0 Å². The van der Waals surface area contributed by atoms with Gasteiger partial charge in [0.1, 0.15) is 0 Å². The first-order valence-corrected chi connectivity index (χ1v) is 7.10. The maximum atomic E-state index is 11.4. The van der Waals surface area contributed by atoms with E-state index in [0.717, 1.165) is 58.5 Å². The first kappa shape index (κ1) is 15.4. The molecule has 106 valence electrons. The van der Waals surface area contributed by atoms with E-state index in [0.29, 0.717) is 13.0 Å². The second-order valence-corrected chi connectivity index (χ2v) is 5.09. The third kappa shape index (κ3) is 6.93. The van der Waals surface area contributed by atoms with Gasteiger partial charge >= 0.3 is 0 Å². The number of likely N-dealkylation sites (N-methyl/N-ethyl adjacent to an activating group) is 1. The molecule has 1 amide bonds. The highest BCUT2D eigenvalue weighted by Crippen LogP contribution is 1.99. The van der Waals surface area contributed by atoms with Crippen LogP contribution in [0.15, 0.2) is 0 Å². The monoisotopic (exact) mass is 256 g/mol. The number of carbonyl (C=O) groups excluding carboxylic acids is 1. The van der Waals surface area contributed by atoms with E-state index >= 15 is 0 Å². The Hall–Kier alpha value is -0.650. The van der Waals surface area contributed by atoms with Crippen LogP contribution in [-0.2, 0) is 4.79 Å². The maximum absolute atomic E-state index is 11.4. The topological polar surface area (TPSA) is 61.6 Å². The average molecular weight is 256 g/mol. The van der Waals surface area contributed by atoms with E-state index in [1.807, 2.05) is 0 Å². The van der Waals surface area contributed by atoms with Crippen molar-refractivity contribution in [1.29, 1.82) is 0 Å². The molecule has 0 radical (unpaired) electrons. The summed E-state index contributed by atoms with van der Waals surface area (Å²) in [5.74, 6) is 0.168. The van der Waals surface area contributed by atoms with E-state index in [-0.39, 0.29) is 5.91 Å². The Morgan fingerprint density at radius 1 is 1.17 bits per heavy atom. The summed E-state index contributed by atoms with van der Waals surface area (Å²) in [6, 6.07) is 0. The number of nitrogens with zero attached hydrogens (tertiary/aromatic N) is 2. The zero-order chi connectivity index (χ0) is 13.2. The summed E-state index contributed by atoms with van der Waals surface area (Å²) in [5.41, 5.74) is 5.39. The van der Waals surface area contributed by atoms with Crippen LogP contribution in [0.25, 0.3) is 0 Å². The van der Waals surface area contributed by atoms with Crippen molar-refractivity contribution in [2.75, 3.05) is 52.9 Å². The van der Waals surface area contributed by atoms with Crippen molar-refractivity contribution in [3.63, 3.8) is 0 Å². The Labute approximate surface area is 111 Å². The first-order chi connectivity index (χ1) is 8.72. The highest BCUT2D eigenvalue weighted by atomic mass is 16.1. The number of nitrogens with one attached hydrogen (secondary N) is 1. The lowest BCUT2D eigenvalue weighted by atomic mass is 10.2. The van der Waals surface area contributed by atoms with Crippen LogP contribution in [0.5, 0.6) is 0 Å². The minimum absolute atomic E-state index is 0.168. The van der Waals surface area contributed by atoms with E-state index in [1.54, 1.807) is 0 Å². The van der Waals surface area contributed by atoms with Gasteiger partial charge in [0.05, 0.1) is 0 Å². The van der Waals surface area contributed by atoms with Crippen molar-refractivity contribution < 1.29 is 4.79 Å². The SMILES string of the molecule is CN1CCN(CCCNC(=O)CCCCN)CC1. The van der Waals surface area contributed by atoms with E-state index in [2.05, 4.69) is 22.2 Å². The van der Waals surface area contributed by atoms with Gasteiger partial charge in [0.15, 0.2) is 0 Å². The summed E-state index contributed by atoms with van der Waals surface area (Å²) in [4.78, 5) is 16.3. The summed E-state index contributed by atoms with van der Waals surface area (Å²) in [6.45, 7) is 7.19. The van der Waals surface area contributed by atoms with Crippen molar-refractivity contribution in [2.24, 2.45) is 5.73 Å². The van der Waals surface area contributed by atoms with Gasteiger partial charge in [-0.05, 0) is 39.4 Å². The fourth-order valence-corrected chi connectivity index (χ4v) is 2.12. The first-order valence-electron chi connectivity index (χ1n) is 7.10. The second-order valence-electron chi connectivity index (χ2n) is 5.09. The highest BCUT2D eigenvalue weighted by Gasteiger charge is 2.12. The molecule has 5 heteroatoms. The number of nitrogens with two attached hydrogens (primary N) is 1. The molecule has 1 rings (SSSR count). The highest BCUT2D eigenvalue weighted by molar-refractivity contribution is 5.75. The largest absolute Gasteiger partial charge is 0.356 e. The molecule has 0 bridgehead atoms. The Bertz CT molecular complexity index is 227. The summed E-state index contributed by atoms with van der Waals surface area (Å²) in [7, 11) is 2.17. The summed E-state index contributed by atoms with van der Waals surface area (Å²) in [6.07, 6.45) is 3.51. The fraction of sp³-hybridized carbons (Fsp3) is 0.923. The van der Waals surface area contributed by atoms with Crippen molar-refractivity contribution in [2.45, 2.75) is 25.7 Å². The summed E-state index contributed by atoms with van der Waals surface area (Å²) in [5, 5.41) is 2.97. The van der Waals surface area contributed by atoms with E-state index in [1.165, 1.54) is 0 Å². The van der Waals surface area contributed by atoms with Gasteiger partial charge in [0.2, 0.25) is 5.91 Å². The van der Waals surface area contributed by atoms with Crippen molar-refractivity contribution >= 4 is 5.91 Å². The van der Waals surface area contributed by atoms with Crippen LogP contribution >= 0.6 is 0 Å². The van der Waals surface area contributed by atoms with E-state index < -0.39 is 0 Å². The molecule has 5 nitrogen and oxygen atoms in total. The second kappa shape index (κ2) is 9.30. The molecule has 3 N–H and O–H groups in total. The number of amides is 1. The molecule has 1 aliphatic rings. The van der Waals surface area contributed by atoms with Crippen LogP contribution in [0.2, 0.25) is 0 Å². The van der Waals surface area contributed by atoms with Gasteiger partial charge in [-0.3, -0.25) is 4.79 Å². The minimum atomic E-state index is 0.168. The molecule has 0 atom stereocenters. The number of hydrogen-bond donors (Lipinski definition) is 2. The fourth-order valence-electron chi connectivity index (χ4n) is 2.12. The van der Waals surface area contributed by atoms with Gasteiger partial charge in [-0.1, -0.05) is 0 Å². The smallest absolute Gasteiger partial charge is 0.219 e. The van der Waals surface area contributed by atoms with Crippen LogP contribution in [0.4, 0.5) is 0 Å². The van der Waals surface area contributed by atoms with Crippen LogP contribution in [0.3, 0.4) is 0 Å². The van der Waals surface area contributed by atoms with Gasteiger partial charge in [-0.2, -0.15) is 0 Å². The predicted octanol–water partition coefficient (Wildman–Crippen LogP) is -0.131. The van der Waals surface area contributed by atoms with Gasteiger partial charge in [0, 0.05) is 39.1 Å². The molecule has 0 aromatic carbocycles. The summed E-state index contributed by atoms with van der Waals surface area (Å²) < 4.78 is 0. The van der Waals surface area contributed by atoms with E-state index in [9.17, 15) is 4.79 Å². The molecule has 0 aliphatic carbocycles. The van der Waals surface area contributed by atoms with Gasteiger partial charge < -0.3 is 20.9 Å². The Balaban J connectivity index is 1.93. The lowest BCUT2D eigenvalue weighted by molar-refractivity contribution is -0.121. The zero-order valence-electron chi connectivity index (χ0n) is 11.7. The molecule has 0 spiro atoms. The lowest BCUT2D eigenvalue weighted by Gasteiger charge is -2.32. The van der Waals surface area contributed by atoms with Gasteiger partial charge in [-0.25, -0.2) is 0 Å². The average Bonchev–Trinajstić information content (AvgIpc) is 2.37. The van der Waals surface area contributed by atoms with Crippen LogP contribution < -0.4 is 11.1 Å². The molecule has 18 heavy (non-hydrogen) atoms. The molecule has 1 heterocycles. The molecule has 0 saturated carbocycles. The molecular formula is C13H28N4O. The van der Waals surface area contributed by atoms with E-state index in [4.69, 9.17) is 5.73 Å². The molecular weight excluding hydrogens is 228 g/mol. The van der Waals surface area contributed by atoms with Gasteiger partial charge in [0.25, 0.3) is 0 Å². The standard InChI is InChI=1S/C13H28N4O/c1-16-9-11-17(12-10-16)8-4-7-15-13(18)5-2-3-6-14/h2-12,14H2,1H3,(H,15,18). The number of piperazine rings is 1. The van der Waals surface area contributed by atoms with Crippen LogP contribution in [-0.4, -0.2) is 68.6 Å². The molecule has 0 unspecified atom stereocenters. The predicted molar refractivity (Wildman–Crippen MR) is 74.5 cm³/mol. The molecule has 1 aliphatic heterocycles. The Kier molecular flexibility index (Phi) is 7.96. The normalized spacial score (nSPS) is 17.9. The van der Waals surface area contributed by atoms with Crippen LogP contribution in [0.1, 0.15) is 25.7 Å². The third-order valence-corrected chi connectivity index (χ3v) is 3.43. The van der Waals surface area contributed by atoms with Crippen molar-refractivity contribution in [3.05, 3.63) is 0 Å². The molecule has 1 saturated heterocycles. The number of carbonyl (C=O) groups is 1.